The number of anilines is 1. The lowest BCUT2D eigenvalue weighted by molar-refractivity contribution is 1.10. The molecule has 6 heteroatoms. The number of nitrogens with one attached hydrogen (secondary N) is 1. The van der Waals surface area contributed by atoms with Gasteiger partial charge in [0.1, 0.15) is 10.00 Å². The zero-order valence-electron chi connectivity index (χ0n) is 9.74. The third-order valence-electron chi connectivity index (χ3n) is 2.35. The second kappa shape index (κ2) is 5.77. The van der Waals surface area contributed by atoms with Crippen molar-refractivity contribution in [2.75, 3.05) is 5.32 Å². The van der Waals surface area contributed by atoms with Crippen LogP contribution >= 0.6 is 39.5 Å². The van der Waals surface area contributed by atoms with E-state index in [-0.39, 0.29) is 0 Å². The summed E-state index contributed by atoms with van der Waals surface area (Å²) in [4.78, 5) is 5.91. The Morgan fingerprint density at radius 1 is 1.56 bits per heavy atom. The van der Waals surface area contributed by atoms with E-state index in [1.165, 1.54) is 4.88 Å². The van der Waals surface area contributed by atoms with Gasteiger partial charge in [0.15, 0.2) is 0 Å². The van der Waals surface area contributed by atoms with E-state index < -0.39 is 0 Å². The molecule has 0 aliphatic heterocycles. The van der Waals surface area contributed by atoms with Crippen molar-refractivity contribution >= 4 is 50.2 Å². The second-order valence-corrected chi connectivity index (χ2v) is 6.39. The fourth-order valence-electron chi connectivity index (χ4n) is 1.49. The molecule has 0 saturated carbocycles. The van der Waals surface area contributed by atoms with E-state index in [0.717, 1.165) is 27.3 Å². The van der Waals surface area contributed by atoms with Crippen molar-refractivity contribution in [3.8, 4) is 0 Å². The molecule has 2 rings (SSSR count). The third-order valence-corrected chi connectivity index (χ3v) is 4.14. The van der Waals surface area contributed by atoms with Gasteiger partial charge in [-0.15, -0.1) is 11.3 Å². The maximum Gasteiger partial charge on any atom is 0.112 e. The number of benzene rings is 1. The van der Waals surface area contributed by atoms with Crippen molar-refractivity contribution in [2.45, 2.75) is 13.5 Å². The van der Waals surface area contributed by atoms with Gasteiger partial charge in [-0.3, -0.25) is 0 Å². The molecule has 0 aliphatic rings. The van der Waals surface area contributed by atoms with Gasteiger partial charge in [-0.1, -0.05) is 12.2 Å². The monoisotopic (exact) mass is 341 g/mol. The molecular weight excluding hydrogens is 330 g/mol. The van der Waals surface area contributed by atoms with E-state index in [9.17, 15) is 0 Å². The van der Waals surface area contributed by atoms with Gasteiger partial charge < -0.3 is 11.1 Å². The van der Waals surface area contributed by atoms with Crippen LogP contribution in [0.15, 0.2) is 28.9 Å². The fourth-order valence-corrected chi connectivity index (χ4v) is 3.11. The Hall–Kier alpha value is -0.980. The Morgan fingerprint density at radius 2 is 2.33 bits per heavy atom. The molecule has 0 fully saturated rings. The molecule has 2 aromatic rings. The first kappa shape index (κ1) is 13.5. The summed E-state index contributed by atoms with van der Waals surface area (Å²) in [6.45, 7) is 2.77. The first-order valence-corrected chi connectivity index (χ1v) is 7.32. The number of halogens is 1. The summed E-state index contributed by atoms with van der Waals surface area (Å²) in [5, 5.41) is 4.39. The average molecular weight is 342 g/mol. The molecule has 0 spiro atoms. The highest BCUT2D eigenvalue weighted by Gasteiger charge is 2.04. The summed E-state index contributed by atoms with van der Waals surface area (Å²) >= 11 is 10.1. The standard InChI is InChI=1S/C12H12BrN3S2/c1-7-5-16-11(18-7)6-15-8-2-3-9(12(14)17)10(13)4-8/h2-5,15H,6H2,1H3,(H2,14,17). The van der Waals surface area contributed by atoms with Crippen LogP contribution in [0.4, 0.5) is 5.69 Å². The third kappa shape index (κ3) is 3.28. The Bertz CT molecular complexity index is 580. The number of thiocarbonyl (C=S) groups is 1. The van der Waals surface area contributed by atoms with Crippen LogP contribution in [0.1, 0.15) is 15.4 Å². The molecule has 1 aromatic heterocycles. The Labute approximate surface area is 124 Å². The fraction of sp³-hybridized carbons (Fsp3) is 0.167. The van der Waals surface area contributed by atoms with Crippen LogP contribution in [0.5, 0.6) is 0 Å². The summed E-state index contributed by atoms with van der Waals surface area (Å²) in [5.74, 6) is 0. The minimum absolute atomic E-state index is 0.393. The Morgan fingerprint density at radius 3 is 2.89 bits per heavy atom. The van der Waals surface area contributed by atoms with E-state index in [4.69, 9.17) is 18.0 Å². The number of aryl methyl sites for hydroxylation is 1. The van der Waals surface area contributed by atoms with Crippen molar-refractivity contribution in [2.24, 2.45) is 5.73 Å². The molecule has 94 valence electrons. The smallest absolute Gasteiger partial charge is 0.112 e. The summed E-state index contributed by atoms with van der Waals surface area (Å²) in [6.07, 6.45) is 1.88. The largest absolute Gasteiger partial charge is 0.389 e. The predicted molar refractivity (Wildman–Crippen MR) is 84.2 cm³/mol. The molecule has 3 nitrogen and oxygen atoms in total. The highest BCUT2D eigenvalue weighted by molar-refractivity contribution is 9.10. The molecule has 0 aliphatic carbocycles. The van der Waals surface area contributed by atoms with Gasteiger partial charge in [0, 0.05) is 26.8 Å². The quantitative estimate of drug-likeness (QED) is 0.836. The maximum atomic E-state index is 5.61. The van der Waals surface area contributed by atoms with E-state index >= 15 is 0 Å². The molecule has 0 bridgehead atoms. The molecule has 0 amide bonds. The maximum absolute atomic E-state index is 5.61. The van der Waals surface area contributed by atoms with Crippen molar-refractivity contribution in [3.63, 3.8) is 0 Å². The van der Waals surface area contributed by atoms with Crippen molar-refractivity contribution in [1.82, 2.24) is 4.98 Å². The van der Waals surface area contributed by atoms with Gasteiger partial charge in [0.25, 0.3) is 0 Å². The summed E-state index contributed by atoms with van der Waals surface area (Å²) in [5.41, 5.74) is 7.46. The molecule has 1 aromatic carbocycles. The van der Waals surface area contributed by atoms with Gasteiger partial charge in [-0.05, 0) is 41.1 Å². The zero-order chi connectivity index (χ0) is 13.1. The van der Waals surface area contributed by atoms with Crippen LogP contribution in [-0.2, 0) is 6.54 Å². The minimum atomic E-state index is 0.393. The normalized spacial score (nSPS) is 10.3. The summed E-state index contributed by atoms with van der Waals surface area (Å²) in [7, 11) is 0. The van der Waals surface area contributed by atoms with E-state index in [0.29, 0.717) is 4.99 Å². The van der Waals surface area contributed by atoms with E-state index in [1.54, 1.807) is 11.3 Å². The van der Waals surface area contributed by atoms with Crippen LogP contribution in [0.2, 0.25) is 0 Å². The number of hydrogen-bond acceptors (Lipinski definition) is 4. The molecular formula is C12H12BrN3S2. The van der Waals surface area contributed by atoms with Crippen molar-refractivity contribution in [1.29, 1.82) is 0 Å². The molecule has 0 radical (unpaired) electrons. The molecule has 0 saturated heterocycles. The van der Waals surface area contributed by atoms with Gasteiger partial charge in [0.2, 0.25) is 0 Å². The Balaban J connectivity index is 2.06. The van der Waals surface area contributed by atoms with Crippen molar-refractivity contribution in [3.05, 3.63) is 44.3 Å². The predicted octanol–water partition coefficient (Wildman–Crippen LogP) is 3.46. The van der Waals surface area contributed by atoms with Crippen LogP contribution in [0, 0.1) is 6.92 Å². The molecule has 1 heterocycles. The number of thiazole rings is 1. The molecule has 18 heavy (non-hydrogen) atoms. The lowest BCUT2D eigenvalue weighted by Crippen LogP contribution is -2.10. The van der Waals surface area contributed by atoms with Gasteiger partial charge in [-0.2, -0.15) is 0 Å². The molecule has 0 unspecified atom stereocenters. The van der Waals surface area contributed by atoms with Crippen LogP contribution in [0.3, 0.4) is 0 Å². The highest BCUT2D eigenvalue weighted by Crippen LogP contribution is 2.22. The zero-order valence-corrected chi connectivity index (χ0v) is 13.0. The summed E-state index contributed by atoms with van der Waals surface area (Å²) in [6, 6.07) is 5.83. The number of nitrogens with two attached hydrogens (primary N) is 1. The highest BCUT2D eigenvalue weighted by atomic mass is 79.9. The molecule has 3 N–H and O–H groups in total. The molecule has 0 atom stereocenters. The first-order chi connectivity index (χ1) is 8.56. The van der Waals surface area contributed by atoms with Crippen molar-refractivity contribution < 1.29 is 0 Å². The number of rotatable bonds is 4. The lowest BCUT2D eigenvalue weighted by atomic mass is 10.2. The van der Waals surface area contributed by atoms with E-state index in [1.807, 2.05) is 24.4 Å². The first-order valence-electron chi connectivity index (χ1n) is 5.31. The topological polar surface area (TPSA) is 50.9 Å². The lowest BCUT2D eigenvalue weighted by Gasteiger charge is -2.07. The van der Waals surface area contributed by atoms with Crippen LogP contribution < -0.4 is 11.1 Å². The number of aromatic nitrogens is 1. The Kier molecular flexibility index (Phi) is 4.31. The SMILES string of the molecule is Cc1cnc(CNc2ccc(C(N)=S)c(Br)c2)s1. The average Bonchev–Trinajstić information content (AvgIpc) is 2.72. The van der Waals surface area contributed by atoms with Gasteiger partial charge >= 0.3 is 0 Å². The second-order valence-electron chi connectivity index (χ2n) is 3.78. The summed E-state index contributed by atoms with van der Waals surface area (Å²) < 4.78 is 0.898. The number of hydrogen-bond donors (Lipinski definition) is 2. The van der Waals surface area contributed by atoms with Crippen LogP contribution in [0.25, 0.3) is 0 Å². The van der Waals surface area contributed by atoms with E-state index in [2.05, 4.69) is 33.2 Å². The minimum Gasteiger partial charge on any atom is -0.389 e. The number of nitrogens with zero attached hydrogens (tertiary/aromatic N) is 1. The van der Waals surface area contributed by atoms with Gasteiger partial charge in [-0.25, -0.2) is 4.98 Å². The van der Waals surface area contributed by atoms with Crippen LogP contribution in [-0.4, -0.2) is 9.97 Å². The van der Waals surface area contributed by atoms with Gasteiger partial charge in [0.05, 0.1) is 6.54 Å².